The van der Waals surface area contributed by atoms with E-state index in [4.69, 9.17) is 0 Å². The molecule has 1 saturated heterocycles. The zero-order valence-corrected chi connectivity index (χ0v) is 18.7. The van der Waals surface area contributed by atoms with E-state index >= 15 is 0 Å². The third-order valence-corrected chi connectivity index (χ3v) is 6.38. The van der Waals surface area contributed by atoms with Crippen LogP contribution in [0.4, 0.5) is 0 Å². The molecule has 0 aromatic heterocycles. The summed E-state index contributed by atoms with van der Waals surface area (Å²) in [6.07, 6.45) is 28.8. The molecular weight excluding hydrogens is 330 g/mol. The van der Waals surface area contributed by atoms with Crippen LogP contribution in [0.2, 0.25) is 0 Å². The van der Waals surface area contributed by atoms with E-state index < -0.39 is 0 Å². The van der Waals surface area contributed by atoms with Gasteiger partial charge in [0.15, 0.2) is 0 Å². The second kappa shape index (κ2) is 19.2. The zero-order valence-electron chi connectivity index (χ0n) is 18.7. The van der Waals surface area contributed by atoms with Gasteiger partial charge in [0.2, 0.25) is 0 Å². The average molecular weight is 382 g/mol. The van der Waals surface area contributed by atoms with Crippen LogP contribution in [0, 0.1) is 0 Å². The molecule has 1 aliphatic rings. The fourth-order valence-electron chi connectivity index (χ4n) is 4.45. The van der Waals surface area contributed by atoms with Crippen molar-refractivity contribution < 1.29 is 5.11 Å². The Kier molecular flexibility index (Phi) is 17.8. The molecule has 0 aromatic carbocycles. The van der Waals surface area contributed by atoms with Gasteiger partial charge in [0.25, 0.3) is 0 Å². The number of aliphatic hydroxyl groups is 1. The van der Waals surface area contributed by atoms with Gasteiger partial charge in [0.1, 0.15) is 6.23 Å². The van der Waals surface area contributed by atoms with E-state index in [1.165, 1.54) is 128 Å². The number of hydrogen-bond donors (Lipinski definition) is 1. The van der Waals surface area contributed by atoms with Gasteiger partial charge >= 0.3 is 0 Å². The van der Waals surface area contributed by atoms with Crippen LogP contribution in [0.15, 0.2) is 0 Å². The maximum Gasteiger partial charge on any atom is 0.107 e. The lowest BCUT2D eigenvalue weighted by molar-refractivity contribution is -0.0148. The van der Waals surface area contributed by atoms with Gasteiger partial charge in [-0.1, -0.05) is 116 Å². The summed E-state index contributed by atoms with van der Waals surface area (Å²) in [6, 6.07) is 0. The lowest BCUT2D eigenvalue weighted by atomic mass is 10.0. The zero-order chi connectivity index (χ0) is 19.4. The Morgan fingerprint density at radius 3 is 1.33 bits per heavy atom. The van der Waals surface area contributed by atoms with E-state index in [1.807, 2.05) is 0 Å². The molecule has 1 fully saturated rings. The Balaban J connectivity index is 1.71. The first-order chi connectivity index (χ1) is 13.3. The number of unbranched alkanes of at least 4 members (excludes halogenated alkanes) is 16. The summed E-state index contributed by atoms with van der Waals surface area (Å²) in [7, 11) is 0. The molecule has 0 saturated carbocycles. The normalized spacial score (nSPS) is 16.7. The molecule has 2 heteroatoms. The van der Waals surface area contributed by atoms with Crippen molar-refractivity contribution in [1.29, 1.82) is 0 Å². The van der Waals surface area contributed by atoms with Gasteiger partial charge in [-0.05, 0) is 25.7 Å². The Morgan fingerprint density at radius 1 is 0.556 bits per heavy atom. The van der Waals surface area contributed by atoms with Crippen LogP contribution in [0.3, 0.4) is 0 Å². The minimum Gasteiger partial charge on any atom is -0.378 e. The van der Waals surface area contributed by atoms with E-state index in [2.05, 4.69) is 11.8 Å². The molecule has 27 heavy (non-hydrogen) atoms. The molecule has 1 aliphatic heterocycles. The molecule has 0 aliphatic carbocycles. The molecule has 0 amide bonds. The Morgan fingerprint density at radius 2 is 0.926 bits per heavy atom. The second-order valence-corrected chi connectivity index (χ2v) is 9.02. The molecule has 0 aromatic rings. The van der Waals surface area contributed by atoms with Gasteiger partial charge < -0.3 is 5.11 Å². The molecule has 162 valence electrons. The fourth-order valence-corrected chi connectivity index (χ4v) is 4.45. The summed E-state index contributed by atoms with van der Waals surface area (Å²) in [5.74, 6) is 0. The van der Waals surface area contributed by atoms with Crippen molar-refractivity contribution in [3.8, 4) is 0 Å². The van der Waals surface area contributed by atoms with E-state index in [0.29, 0.717) is 0 Å². The molecule has 0 spiro atoms. The Hall–Kier alpha value is -0.0800. The van der Waals surface area contributed by atoms with Crippen LogP contribution >= 0.6 is 0 Å². The monoisotopic (exact) mass is 381 g/mol. The van der Waals surface area contributed by atoms with Gasteiger partial charge in [-0.2, -0.15) is 0 Å². The topological polar surface area (TPSA) is 23.5 Å². The van der Waals surface area contributed by atoms with Gasteiger partial charge in [-0.15, -0.1) is 0 Å². The first-order valence-corrected chi connectivity index (χ1v) is 12.8. The maximum atomic E-state index is 10.2. The SMILES string of the molecule is CCCCCCCCCCCCCCCCCCCC(O)N1CCCCC1. The van der Waals surface area contributed by atoms with Crippen molar-refractivity contribution >= 4 is 0 Å². The molecule has 2 nitrogen and oxygen atoms in total. The minimum absolute atomic E-state index is 0.165. The first kappa shape index (κ1) is 25.0. The molecule has 1 rings (SSSR count). The molecule has 0 bridgehead atoms. The summed E-state index contributed by atoms with van der Waals surface area (Å²) in [4.78, 5) is 2.29. The van der Waals surface area contributed by atoms with Crippen molar-refractivity contribution in [3.63, 3.8) is 0 Å². The smallest absolute Gasteiger partial charge is 0.107 e. The van der Waals surface area contributed by atoms with Gasteiger partial charge in [-0.3, -0.25) is 4.90 Å². The van der Waals surface area contributed by atoms with Crippen LogP contribution in [-0.2, 0) is 0 Å². The third-order valence-electron chi connectivity index (χ3n) is 6.38. The van der Waals surface area contributed by atoms with Gasteiger partial charge in [0.05, 0.1) is 0 Å². The van der Waals surface area contributed by atoms with Crippen molar-refractivity contribution in [3.05, 3.63) is 0 Å². The minimum atomic E-state index is -0.165. The number of hydrogen-bond acceptors (Lipinski definition) is 2. The quantitative estimate of drug-likeness (QED) is 0.230. The van der Waals surface area contributed by atoms with Crippen LogP contribution in [0.5, 0.6) is 0 Å². The molecule has 0 radical (unpaired) electrons. The van der Waals surface area contributed by atoms with E-state index in [0.717, 1.165) is 19.5 Å². The first-order valence-electron chi connectivity index (χ1n) is 12.8. The summed E-state index contributed by atoms with van der Waals surface area (Å²) in [5, 5.41) is 10.2. The van der Waals surface area contributed by atoms with E-state index in [1.54, 1.807) is 0 Å². The van der Waals surface area contributed by atoms with E-state index in [-0.39, 0.29) is 6.23 Å². The molecular formula is C25H51NO. The number of aliphatic hydroxyl groups excluding tert-OH is 1. The number of likely N-dealkylation sites (tertiary alicyclic amines) is 1. The predicted octanol–water partition coefficient (Wildman–Crippen LogP) is 7.83. The lowest BCUT2D eigenvalue weighted by Crippen LogP contribution is -2.39. The van der Waals surface area contributed by atoms with Gasteiger partial charge in [-0.25, -0.2) is 0 Å². The predicted molar refractivity (Wildman–Crippen MR) is 120 cm³/mol. The molecule has 1 N–H and O–H groups in total. The van der Waals surface area contributed by atoms with Crippen LogP contribution < -0.4 is 0 Å². The highest BCUT2D eigenvalue weighted by Gasteiger charge is 2.17. The highest BCUT2D eigenvalue weighted by atomic mass is 16.3. The standard InChI is InChI=1S/C25H51NO/c1-2-3-4-5-6-7-8-9-10-11-12-13-14-15-16-17-19-22-25(27)26-23-20-18-21-24-26/h25,27H,2-24H2,1H3. The maximum absolute atomic E-state index is 10.2. The number of piperidine rings is 1. The summed E-state index contributed by atoms with van der Waals surface area (Å²) >= 11 is 0. The van der Waals surface area contributed by atoms with E-state index in [9.17, 15) is 5.11 Å². The summed E-state index contributed by atoms with van der Waals surface area (Å²) < 4.78 is 0. The van der Waals surface area contributed by atoms with Crippen LogP contribution in [-0.4, -0.2) is 29.3 Å². The number of rotatable bonds is 19. The lowest BCUT2D eigenvalue weighted by Gasteiger charge is -2.31. The highest BCUT2D eigenvalue weighted by molar-refractivity contribution is 4.67. The average Bonchev–Trinajstić information content (AvgIpc) is 2.70. The Labute approximate surface area is 171 Å². The largest absolute Gasteiger partial charge is 0.378 e. The highest BCUT2D eigenvalue weighted by Crippen LogP contribution is 2.17. The van der Waals surface area contributed by atoms with Crippen LogP contribution in [0.1, 0.15) is 142 Å². The van der Waals surface area contributed by atoms with Gasteiger partial charge in [0, 0.05) is 13.1 Å². The van der Waals surface area contributed by atoms with Crippen molar-refractivity contribution in [2.24, 2.45) is 0 Å². The molecule has 1 heterocycles. The molecule has 1 unspecified atom stereocenters. The third kappa shape index (κ3) is 15.5. The summed E-state index contributed by atoms with van der Waals surface area (Å²) in [5.41, 5.74) is 0. The summed E-state index contributed by atoms with van der Waals surface area (Å²) in [6.45, 7) is 4.52. The van der Waals surface area contributed by atoms with Crippen LogP contribution in [0.25, 0.3) is 0 Å². The Bertz CT molecular complexity index is 288. The second-order valence-electron chi connectivity index (χ2n) is 9.02. The van der Waals surface area contributed by atoms with Crippen molar-refractivity contribution in [1.82, 2.24) is 4.90 Å². The van der Waals surface area contributed by atoms with Crippen molar-refractivity contribution in [2.45, 2.75) is 148 Å². The van der Waals surface area contributed by atoms with Crippen molar-refractivity contribution in [2.75, 3.05) is 13.1 Å². The number of nitrogens with zero attached hydrogens (tertiary/aromatic N) is 1. The fraction of sp³-hybridized carbons (Fsp3) is 1.00. The molecule has 1 atom stereocenters.